The Kier molecular flexibility index (Phi) is 3.21. The fourth-order valence-electron chi connectivity index (χ4n) is 5.18. The normalized spacial score (nSPS) is 32.9. The van der Waals surface area contributed by atoms with E-state index in [0.717, 1.165) is 31.9 Å². The van der Waals surface area contributed by atoms with Crippen LogP contribution in [0.3, 0.4) is 0 Å². The van der Waals surface area contributed by atoms with E-state index in [2.05, 4.69) is 18.2 Å². The minimum Gasteiger partial charge on any atom is -0.493 e. The number of rotatable bonds is 2. The topological polar surface area (TPSA) is 49.8 Å². The molecule has 1 amide bonds. The van der Waals surface area contributed by atoms with Gasteiger partial charge in [-0.1, -0.05) is 12.1 Å². The Morgan fingerprint density at radius 1 is 1.29 bits per heavy atom. The predicted molar refractivity (Wildman–Crippen MR) is 90.0 cm³/mol. The first-order valence-corrected chi connectivity index (χ1v) is 9.34. The molecule has 1 aromatic rings. The molecule has 2 aliphatic heterocycles. The van der Waals surface area contributed by atoms with Crippen LogP contribution >= 0.6 is 0 Å². The molecule has 1 unspecified atom stereocenters. The summed E-state index contributed by atoms with van der Waals surface area (Å²) in [7, 11) is 0. The highest BCUT2D eigenvalue weighted by molar-refractivity contribution is 5.80. The molecule has 2 aliphatic carbocycles. The first kappa shape index (κ1) is 14.8. The van der Waals surface area contributed by atoms with Gasteiger partial charge in [0.15, 0.2) is 0 Å². The number of aliphatic hydroxyl groups is 1. The van der Waals surface area contributed by atoms with Gasteiger partial charge in [-0.3, -0.25) is 4.79 Å². The summed E-state index contributed by atoms with van der Waals surface area (Å²) in [6.45, 7) is 2.67. The smallest absolute Gasteiger partial charge is 0.225 e. The van der Waals surface area contributed by atoms with Crippen LogP contribution in [0.2, 0.25) is 0 Å². The highest BCUT2D eigenvalue weighted by atomic mass is 16.5. The van der Waals surface area contributed by atoms with Gasteiger partial charge in [0, 0.05) is 30.8 Å². The van der Waals surface area contributed by atoms with Crippen LogP contribution in [-0.4, -0.2) is 41.7 Å². The van der Waals surface area contributed by atoms with Crippen molar-refractivity contribution in [3.8, 4) is 5.75 Å². The van der Waals surface area contributed by atoms with Gasteiger partial charge in [-0.15, -0.1) is 0 Å². The van der Waals surface area contributed by atoms with E-state index in [1.807, 2.05) is 4.90 Å². The molecule has 2 saturated carbocycles. The zero-order valence-corrected chi connectivity index (χ0v) is 14.0. The quantitative estimate of drug-likeness (QED) is 0.908. The van der Waals surface area contributed by atoms with Crippen molar-refractivity contribution in [3.05, 3.63) is 29.3 Å². The summed E-state index contributed by atoms with van der Waals surface area (Å²) in [5.41, 5.74) is 3.11. The van der Waals surface area contributed by atoms with Crippen LogP contribution in [0.5, 0.6) is 5.75 Å². The third-order valence-corrected chi connectivity index (χ3v) is 6.72. The molecule has 1 aromatic carbocycles. The van der Waals surface area contributed by atoms with Crippen molar-refractivity contribution >= 4 is 5.91 Å². The number of carbonyl (C=O) groups is 1. The average molecular weight is 327 g/mol. The lowest BCUT2D eigenvalue weighted by molar-refractivity contribution is -0.154. The first-order chi connectivity index (χ1) is 11.6. The van der Waals surface area contributed by atoms with Crippen molar-refractivity contribution in [2.45, 2.75) is 50.5 Å². The molecule has 1 saturated heterocycles. The van der Waals surface area contributed by atoms with E-state index in [9.17, 15) is 9.90 Å². The zero-order chi connectivity index (χ0) is 16.3. The highest BCUT2D eigenvalue weighted by Crippen LogP contribution is 2.52. The van der Waals surface area contributed by atoms with Crippen molar-refractivity contribution in [1.82, 2.24) is 4.90 Å². The summed E-state index contributed by atoms with van der Waals surface area (Å²) in [5.74, 6) is 2.06. The molecule has 5 rings (SSSR count). The summed E-state index contributed by atoms with van der Waals surface area (Å²) in [6.07, 6.45) is 5.78. The minimum atomic E-state index is -0.243. The Hall–Kier alpha value is -1.55. The van der Waals surface area contributed by atoms with Crippen LogP contribution in [0, 0.1) is 11.3 Å². The van der Waals surface area contributed by atoms with E-state index in [1.54, 1.807) is 0 Å². The summed E-state index contributed by atoms with van der Waals surface area (Å²) < 4.78 is 5.72. The number of hydrogen-bond donors (Lipinski definition) is 1. The van der Waals surface area contributed by atoms with E-state index in [-0.39, 0.29) is 17.9 Å². The number of aliphatic hydroxyl groups excluding tert-OH is 1. The first-order valence-electron chi connectivity index (χ1n) is 9.34. The number of ether oxygens (including phenoxy) is 1. The maximum Gasteiger partial charge on any atom is 0.225 e. The Morgan fingerprint density at radius 2 is 2.12 bits per heavy atom. The summed E-state index contributed by atoms with van der Waals surface area (Å²) in [4.78, 5) is 14.4. The maximum absolute atomic E-state index is 12.4. The van der Waals surface area contributed by atoms with E-state index in [4.69, 9.17) is 4.74 Å². The number of hydrogen-bond acceptors (Lipinski definition) is 3. The average Bonchev–Trinajstić information content (AvgIpc) is 3.15. The Bertz CT molecular complexity index is 673. The van der Waals surface area contributed by atoms with E-state index >= 15 is 0 Å². The Labute approximate surface area is 142 Å². The van der Waals surface area contributed by atoms with E-state index in [1.165, 1.54) is 30.4 Å². The number of nitrogens with zero attached hydrogens (tertiary/aromatic N) is 1. The number of amides is 1. The molecule has 0 aromatic heterocycles. The maximum atomic E-state index is 12.4. The van der Waals surface area contributed by atoms with Crippen LogP contribution in [-0.2, 0) is 11.2 Å². The molecule has 2 heterocycles. The second-order valence-electron chi connectivity index (χ2n) is 8.42. The SMILES string of the molecule is O=C(C1CC(O)C1)N1CC2(CCC(c3ccc4c(c3)OCC4)C2)C1. The third-order valence-electron chi connectivity index (χ3n) is 6.72. The van der Waals surface area contributed by atoms with Crippen molar-refractivity contribution in [3.63, 3.8) is 0 Å². The van der Waals surface area contributed by atoms with Gasteiger partial charge in [-0.05, 0) is 55.2 Å². The van der Waals surface area contributed by atoms with Gasteiger partial charge in [0.1, 0.15) is 5.75 Å². The van der Waals surface area contributed by atoms with Crippen molar-refractivity contribution in [1.29, 1.82) is 0 Å². The van der Waals surface area contributed by atoms with Crippen LogP contribution in [0.15, 0.2) is 18.2 Å². The molecule has 4 heteroatoms. The van der Waals surface area contributed by atoms with E-state index < -0.39 is 0 Å². The second-order valence-corrected chi connectivity index (χ2v) is 8.42. The fourth-order valence-corrected chi connectivity index (χ4v) is 5.18. The molecule has 1 spiro atoms. The molecule has 3 fully saturated rings. The fraction of sp³-hybridized carbons (Fsp3) is 0.650. The molecule has 4 aliphatic rings. The minimum absolute atomic E-state index is 0.0865. The predicted octanol–water partition coefficient (Wildman–Crippen LogP) is 2.49. The third kappa shape index (κ3) is 2.26. The zero-order valence-electron chi connectivity index (χ0n) is 14.0. The van der Waals surface area contributed by atoms with Gasteiger partial charge in [-0.2, -0.15) is 0 Å². The molecule has 4 nitrogen and oxygen atoms in total. The Balaban J connectivity index is 1.22. The van der Waals surface area contributed by atoms with Gasteiger partial charge in [-0.25, -0.2) is 0 Å². The molecular weight excluding hydrogens is 302 g/mol. The van der Waals surface area contributed by atoms with Crippen molar-refractivity contribution in [2.75, 3.05) is 19.7 Å². The molecule has 1 N–H and O–H groups in total. The molecule has 0 bridgehead atoms. The lowest BCUT2D eigenvalue weighted by atomic mass is 9.74. The van der Waals surface area contributed by atoms with Crippen LogP contribution in [0.1, 0.15) is 49.1 Å². The molecule has 24 heavy (non-hydrogen) atoms. The summed E-state index contributed by atoms with van der Waals surface area (Å²) in [5, 5.41) is 9.39. The molecule has 1 atom stereocenters. The van der Waals surface area contributed by atoms with Crippen molar-refractivity contribution < 1.29 is 14.6 Å². The lowest BCUT2D eigenvalue weighted by Gasteiger charge is -2.50. The monoisotopic (exact) mass is 327 g/mol. The summed E-state index contributed by atoms with van der Waals surface area (Å²) in [6, 6.07) is 6.78. The van der Waals surface area contributed by atoms with Crippen LogP contribution in [0.25, 0.3) is 0 Å². The lowest BCUT2D eigenvalue weighted by Crippen LogP contribution is -2.60. The molecule has 128 valence electrons. The van der Waals surface area contributed by atoms with Crippen molar-refractivity contribution in [2.24, 2.45) is 11.3 Å². The summed E-state index contributed by atoms with van der Waals surface area (Å²) >= 11 is 0. The van der Waals surface area contributed by atoms with Gasteiger partial charge >= 0.3 is 0 Å². The molecule has 0 radical (unpaired) electrons. The number of fused-ring (bicyclic) bond motifs is 1. The van der Waals surface area contributed by atoms with Gasteiger partial charge in [0.2, 0.25) is 5.91 Å². The van der Waals surface area contributed by atoms with Crippen LogP contribution in [0.4, 0.5) is 0 Å². The number of benzene rings is 1. The second kappa shape index (κ2) is 5.22. The molecular formula is C20H25NO3. The van der Waals surface area contributed by atoms with Gasteiger partial charge in [0.05, 0.1) is 12.7 Å². The van der Waals surface area contributed by atoms with Gasteiger partial charge < -0.3 is 14.7 Å². The largest absolute Gasteiger partial charge is 0.493 e. The van der Waals surface area contributed by atoms with Gasteiger partial charge in [0.25, 0.3) is 0 Å². The van der Waals surface area contributed by atoms with E-state index in [0.29, 0.717) is 24.2 Å². The number of carbonyl (C=O) groups excluding carboxylic acids is 1. The number of likely N-dealkylation sites (tertiary alicyclic amines) is 1. The van der Waals surface area contributed by atoms with Crippen LogP contribution < -0.4 is 4.74 Å². The standard InChI is InChI=1S/C20H25NO3/c22-17-7-16(8-17)19(23)21-11-20(12-21)5-3-15(10-20)14-2-1-13-4-6-24-18(13)9-14/h1-2,9,15-17,22H,3-8,10-12H2. The highest BCUT2D eigenvalue weighted by Gasteiger charge is 2.51. The Morgan fingerprint density at radius 3 is 2.92 bits per heavy atom.